The number of aliphatic carboxylic acids is 1. The van der Waals surface area contributed by atoms with Crippen molar-refractivity contribution in [3.8, 4) is 5.75 Å². The Balaban J connectivity index is 1.02. The third kappa shape index (κ3) is 27.1. The number of imidazole rings is 1. The fourth-order valence-electron chi connectivity index (χ4n) is 16.4. The molecule has 10 rings (SSSR count). The number of fused-ring (bicyclic) bond motifs is 5. The lowest BCUT2D eigenvalue weighted by Crippen LogP contribution is -2.61. The molecule has 134 heavy (non-hydrogen) atoms. The number of tetrazole rings is 1. The number of nitrogens with two attached hydrogens (primary N) is 4. The van der Waals surface area contributed by atoms with Gasteiger partial charge in [0.15, 0.2) is 5.82 Å². The molecule has 23 N–H and O–H groups in total. The van der Waals surface area contributed by atoms with Crippen LogP contribution in [-0.4, -0.2) is 307 Å². The summed E-state index contributed by atoms with van der Waals surface area (Å²) >= 11 is 0.750. The number of hydrogen-bond acceptors (Lipinski definition) is 26. The van der Waals surface area contributed by atoms with E-state index in [9.17, 15) is 63.3 Å². The maximum Gasteiger partial charge on any atom is 0.305 e. The first-order chi connectivity index (χ1) is 64.1. The number of rotatable bonds is 24. The van der Waals surface area contributed by atoms with Gasteiger partial charge in [-0.05, 0) is 95.1 Å². The van der Waals surface area contributed by atoms with E-state index in [1.807, 2.05) is 50.2 Å². The molecular formula is C88H117N25O20S. The van der Waals surface area contributed by atoms with Crippen LogP contribution in [0.15, 0.2) is 110 Å². The fraction of sp³-hybridized carbons (Fsp3) is 0.489. The molecule has 0 radical (unpaired) electrons. The number of aromatic amines is 2. The van der Waals surface area contributed by atoms with Crippen molar-refractivity contribution in [2.24, 2.45) is 22.9 Å². The molecule has 0 bridgehead atoms. The summed E-state index contributed by atoms with van der Waals surface area (Å²) in [6.07, 6.45) is 0.907. The van der Waals surface area contributed by atoms with E-state index < -0.39 is 255 Å². The molecule has 3 aliphatic rings. The Labute approximate surface area is 774 Å². The molecule has 0 spiro atoms. The Morgan fingerprint density at radius 2 is 1.16 bits per heavy atom. The molecule has 15 atom stereocenters. The number of amides is 16. The summed E-state index contributed by atoms with van der Waals surface area (Å²) in [6.45, 7) is 2.28. The summed E-state index contributed by atoms with van der Waals surface area (Å²) in [7, 11) is 2.55. The zero-order valence-electron chi connectivity index (χ0n) is 74.8. The van der Waals surface area contributed by atoms with Crippen LogP contribution >= 0.6 is 11.8 Å². The largest absolute Gasteiger partial charge is 0.508 e. The number of carbonyl (C=O) groups is 17. The number of H-pyrrole nitrogens is 2. The molecule has 0 saturated carbocycles. The van der Waals surface area contributed by atoms with E-state index >= 15 is 33.6 Å². The highest BCUT2D eigenvalue weighted by atomic mass is 32.2. The van der Waals surface area contributed by atoms with Crippen molar-refractivity contribution < 1.29 is 96.8 Å². The van der Waals surface area contributed by atoms with Crippen molar-refractivity contribution in [2.75, 3.05) is 58.3 Å². The van der Waals surface area contributed by atoms with Crippen LogP contribution in [0.5, 0.6) is 5.75 Å². The Hall–Kier alpha value is -14.0. The number of aliphatic hydroxyl groups excluding tert-OH is 1. The number of carboxylic acids is 1. The van der Waals surface area contributed by atoms with Gasteiger partial charge in [0.25, 0.3) is 0 Å². The van der Waals surface area contributed by atoms with E-state index in [-0.39, 0.29) is 75.2 Å². The molecule has 2 saturated heterocycles. The number of nitrogens with one attached hydrogen (secondary N) is 12. The Bertz CT molecular complexity index is 5380. The summed E-state index contributed by atoms with van der Waals surface area (Å²) in [5.74, 6) is -18.3. The number of aliphatic hydroxyl groups is 1. The van der Waals surface area contributed by atoms with Crippen LogP contribution in [0.4, 0.5) is 0 Å². The van der Waals surface area contributed by atoms with Crippen molar-refractivity contribution in [3.05, 3.63) is 138 Å². The van der Waals surface area contributed by atoms with Crippen LogP contribution in [0.25, 0.3) is 21.7 Å². The van der Waals surface area contributed by atoms with Gasteiger partial charge >= 0.3 is 5.97 Å². The summed E-state index contributed by atoms with van der Waals surface area (Å²) in [4.78, 5) is 260. The highest BCUT2D eigenvalue weighted by Crippen LogP contribution is 2.31. The number of likely N-dealkylation sites (N-methyl/N-ethyl adjacent to an activating group) is 2. The topological polar surface area (TPSA) is 676 Å². The molecular weight excluding hydrogens is 1760 g/mol. The lowest BCUT2D eigenvalue weighted by atomic mass is 9.97. The number of nitrogens with zero attached hydrogens (tertiary/aromatic N) is 9. The van der Waals surface area contributed by atoms with Crippen molar-refractivity contribution >= 4 is 134 Å². The molecule has 3 aliphatic heterocycles. The lowest BCUT2D eigenvalue weighted by Gasteiger charge is -2.32. The lowest BCUT2D eigenvalue weighted by molar-refractivity contribution is -0.147. The van der Waals surface area contributed by atoms with Crippen molar-refractivity contribution in [2.45, 2.75) is 214 Å². The van der Waals surface area contributed by atoms with Crippen LogP contribution in [0.1, 0.15) is 138 Å². The van der Waals surface area contributed by atoms with Gasteiger partial charge in [-0.1, -0.05) is 112 Å². The second-order valence-electron chi connectivity index (χ2n) is 33.4. The Morgan fingerprint density at radius 3 is 1.83 bits per heavy atom. The summed E-state index contributed by atoms with van der Waals surface area (Å²) in [6, 6.07) is 3.29. The number of carbonyl (C=O) groups excluding carboxylic acids is 16. The number of primary amides is 2. The normalized spacial score (nSPS) is 24.6. The van der Waals surface area contributed by atoms with E-state index in [2.05, 4.69) is 83.6 Å². The van der Waals surface area contributed by atoms with Crippen LogP contribution in [-0.2, 0) is 107 Å². The second kappa shape index (κ2) is 48.4. The number of carboxylic acid groups (broad SMARTS) is 1. The third-order valence-corrected chi connectivity index (χ3v) is 24.8. The highest BCUT2D eigenvalue weighted by molar-refractivity contribution is 8.00. The average molecular weight is 1880 g/mol. The van der Waals surface area contributed by atoms with E-state index in [1.54, 1.807) is 36.5 Å². The molecule has 7 aromatic rings. The summed E-state index contributed by atoms with van der Waals surface area (Å²) in [5, 5.41) is 73.2. The first-order valence-corrected chi connectivity index (χ1v) is 45.4. The van der Waals surface area contributed by atoms with Gasteiger partial charge in [0.2, 0.25) is 94.5 Å². The predicted octanol–water partition coefficient (Wildman–Crippen LogP) is -3.70. The third-order valence-electron chi connectivity index (χ3n) is 23.8. The molecule has 4 aromatic carbocycles. The number of hydrogen-bond donors (Lipinski definition) is 19. The first kappa shape index (κ1) is 102. The quantitative estimate of drug-likeness (QED) is 0.0277. The molecule has 45 nitrogen and oxygen atoms in total. The van der Waals surface area contributed by atoms with Crippen LogP contribution < -0.4 is 76.1 Å². The van der Waals surface area contributed by atoms with Crippen molar-refractivity contribution in [1.29, 1.82) is 0 Å². The average Bonchev–Trinajstić information content (AvgIpc) is 1.61. The molecule has 0 aliphatic carbocycles. The smallest absolute Gasteiger partial charge is 0.305 e. The SMILES string of the molecule is CCCC[C@H]1C(=O)N[C@@H](CN)C(=O)N[C@H](C(=O)NCC(N)=O)CSCC(=O)N[C@@H](Cc2ccc(O)cc2)C(=O)N(C)[C@@H](C)C(=O)N[C@@H](CC(=O)O)C(=O)N2CCC[C@H]2C(=O)N[C@@H](Cc2cnc[nH]2)C(=O)N[C@@H](CCC(N)=O)C(=O)N2C[C@H](O)C[C@H]2C(=O)N[C@@H](Cc2c[nH]c3ccccc23)C(=O)N[C@@H](CN)C(=O)N[C@@H](Cc2cccc3ccccc23)c2nnnn2[C@@H](CCCC)C(=O)N1C. The van der Waals surface area contributed by atoms with Crippen LogP contribution in [0, 0.1) is 0 Å². The molecule has 6 heterocycles. The van der Waals surface area contributed by atoms with Gasteiger partial charge in [-0.15, -0.1) is 16.9 Å². The second-order valence-corrected chi connectivity index (χ2v) is 34.4. The number of aromatic hydroxyl groups is 1. The van der Waals surface area contributed by atoms with Gasteiger partial charge in [-0.2, -0.15) is 0 Å². The van der Waals surface area contributed by atoms with Crippen LogP contribution in [0.2, 0.25) is 0 Å². The number of phenolic OH excluding ortho intramolecular Hbond substituents is 1. The molecule has 2 fully saturated rings. The van der Waals surface area contributed by atoms with Gasteiger partial charge in [0, 0.05) is 114 Å². The summed E-state index contributed by atoms with van der Waals surface area (Å²) in [5.41, 5.74) is 26.2. The van der Waals surface area contributed by atoms with Gasteiger partial charge in [0.1, 0.15) is 84.3 Å². The fourth-order valence-corrected chi connectivity index (χ4v) is 17.2. The van der Waals surface area contributed by atoms with Crippen molar-refractivity contribution in [3.63, 3.8) is 0 Å². The monoisotopic (exact) mass is 1880 g/mol. The van der Waals surface area contributed by atoms with Gasteiger partial charge in [-0.3, -0.25) is 81.5 Å². The first-order valence-electron chi connectivity index (χ1n) is 44.2. The van der Waals surface area contributed by atoms with E-state index in [0.29, 0.717) is 53.3 Å². The zero-order chi connectivity index (χ0) is 97.1. The number of para-hydroxylation sites is 1. The maximum atomic E-state index is 15.7. The molecule has 720 valence electrons. The standard InChI is InChI=1S/C88H117N25O20S/c1-6-8-22-67-82(127)104-65(39-90)81(126)105-66(77(122)95-42-72(92)117)44-134-45-73(118)97-62(32-48-25-27-53(114)28-26-48)85(130)109(4)47(3)76(121)102-63(37-74(119)120)87(132)111-31-15-24-68(111)83(128)101-61(35-52-41-93-46-96-52)79(124)98-58(29-30-71(91)116)86(131)112-43-54(115)36-70(112)84(129)100-60(34-51-40-94-57-21-13-12-20-56(51)57)78(123)103-64(38-89)80(125)99-59(33-50-18-14-17-49-16-10-11-19-55(49)50)75-106-107-108-113(75)69(23-9-7-2)88(133)110(67)5/h10-14,16-21,25-28,40-41,46-47,54,58-70,94,114-115H,6-9,15,22-24,29-39,42-45,89-90H2,1-5H3,(H2,91,116)(H2,92,117)(H,93,96)(H,95,122)(H,97,118)(H,98,124)(H,99,125)(H,100,129)(H,101,128)(H,102,121)(H,103,123)(H,104,127)(H,105,126)(H,119,120)/t47-,54+,58-,59-,60-,61-,62-,63-,64-,65-,66-,67-,68-,69-,70-/m0/s1. The molecule has 3 aromatic heterocycles. The van der Waals surface area contributed by atoms with Crippen LogP contribution in [0.3, 0.4) is 0 Å². The van der Waals surface area contributed by atoms with Crippen molar-refractivity contribution in [1.82, 2.24) is 108 Å². The Kier molecular flexibility index (Phi) is 36.9. The van der Waals surface area contributed by atoms with E-state index in [1.165, 1.54) is 67.4 Å². The number of benzene rings is 4. The Morgan fingerprint density at radius 1 is 0.567 bits per heavy atom. The minimum atomic E-state index is -1.93. The molecule has 0 unspecified atom stereocenters. The van der Waals surface area contributed by atoms with E-state index in [0.717, 1.165) is 37.2 Å². The summed E-state index contributed by atoms with van der Waals surface area (Å²) < 4.78 is 1.24. The number of aromatic nitrogens is 7. The minimum absolute atomic E-state index is 0.00499. The molecule has 46 heteroatoms. The number of phenols is 1. The minimum Gasteiger partial charge on any atom is -0.508 e. The number of unbranched alkanes of at least 4 members (excludes halogenated alkanes) is 2. The highest BCUT2D eigenvalue weighted by Gasteiger charge is 2.47. The van der Waals surface area contributed by atoms with E-state index in [4.69, 9.17) is 22.9 Å². The maximum absolute atomic E-state index is 15.7. The van der Waals surface area contributed by atoms with Gasteiger partial charge < -0.3 is 121 Å². The van der Waals surface area contributed by atoms with Gasteiger partial charge in [-0.25, -0.2) is 9.67 Å². The number of thioether (sulfide) groups is 1. The molecule has 16 amide bonds. The zero-order valence-corrected chi connectivity index (χ0v) is 75.7. The predicted molar refractivity (Wildman–Crippen MR) is 484 cm³/mol. The van der Waals surface area contributed by atoms with Gasteiger partial charge in [0.05, 0.1) is 37.2 Å².